The lowest BCUT2D eigenvalue weighted by atomic mass is 10.00. The fourth-order valence-electron chi connectivity index (χ4n) is 3.56. The number of piperidine rings is 1. The van der Waals surface area contributed by atoms with Gasteiger partial charge in [0.1, 0.15) is 11.5 Å². The quantitative estimate of drug-likeness (QED) is 0.867. The monoisotopic (exact) mass is 327 g/mol. The predicted octanol–water partition coefficient (Wildman–Crippen LogP) is 4.11. The van der Waals surface area contributed by atoms with Gasteiger partial charge in [-0.3, -0.25) is 9.88 Å². The molecule has 0 aliphatic carbocycles. The summed E-state index contributed by atoms with van der Waals surface area (Å²) < 4.78 is 5.87. The minimum Gasteiger partial charge on any atom is -0.464 e. The molecule has 0 aromatic carbocycles. The van der Waals surface area contributed by atoms with E-state index in [4.69, 9.17) is 4.42 Å². The molecule has 0 bridgehead atoms. The minimum absolute atomic E-state index is 0.277. The summed E-state index contributed by atoms with van der Waals surface area (Å²) in [4.78, 5) is 6.69. The van der Waals surface area contributed by atoms with Gasteiger partial charge < -0.3 is 9.73 Å². The molecule has 1 fully saturated rings. The Labute approximate surface area is 145 Å². The van der Waals surface area contributed by atoms with E-state index in [0.717, 1.165) is 31.0 Å². The maximum atomic E-state index is 5.87. The number of aromatic nitrogens is 1. The summed E-state index contributed by atoms with van der Waals surface area (Å²) in [6, 6.07) is 9.75. The summed E-state index contributed by atoms with van der Waals surface area (Å²) in [6.45, 7) is 8.88. The average molecular weight is 327 g/mol. The Hall–Kier alpha value is -1.65. The van der Waals surface area contributed by atoms with Crippen LogP contribution in [-0.2, 0) is 6.42 Å². The molecule has 0 saturated carbocycles. The van der Waals surface area contributed by atoms with Gasteiger partial charge in [0.25, 0.3) is 0 Å². The zero-order valence-corrected chi connectivity index (χ0v) is 15.0. The molecule has 4 heteroatoms. The van der Waals surface area contributed by atoms with Crippen LogP contribution in [0.3, 0.4) is 0 Å². The van der Waals surface area contributed by atoms with Gasteiger partial charge in [-0.1, -0.05) is 6.92 Å². The average Bonchev–Trinajstić information content (AvgIpc) is 3.12. The third kappa shape index (κ3) is 4.05. The number of nitrogens with one attached hydrogen (secondary N) is 1. The van der Waals surface area contributed by atoms with Gasteiger partial charge in [0, 0.05) is 44.0 Å². The number of nitrogens with zero attached hydrogens (tertiary/aromatic N) is 2. The maximum absolute atomic E-state index is 5.87. The second-order valence-electron chi connectivity index (χ2n) is 6.81. The van der Waals surface area contributed by atoms with Crippen molar-refractivity contribution >= 4 is 0 Å². The minimum atomic E-state index is 0.277. The first-order valence-corrected chi connectivity index (χ1v) is 9.16. The van der Waals surface area contributed by atoms with Crippen LogP contribution in [-0.4, -0.2) is 29.0 Å². The highest BCUT2D eigenvalue weighted by molar-refractivity contribution is 5.14. The number of hydrogen-bond acceptors (Lipinski definition) is 4. The molecule has 2 aromatic rings. The van der Waals surface area contributed by atoms with Crippen LogP contribution in [0.15, 0.2) is 41.1 Å². The predicted molar refractivity (Wildman–Crippen MR) is 96.9 cm³/mol. The van der Waals surface area contributed by atoms with E-state index in [9.17, 15) is 0 Å². The second kappa shape index (κ2) is 7.95. The summed E-state index contributed by atoms with van der Waals surface area (Å²) in [5, 5.41) is 3.74. The summed E-state index contributed by atoms with van der Waals surface area (Å²) in [5.74, 6) is 2.12. The first kappa shape index (κ1) is 17.2. The van der Waals surface area contributed by atoms with Crippen LogP contribution in [0, 0.1) is 0 Å². The van der Waals surface area contributed by atoms with Crippen molar-refractivity contribution in [2.24, 2.45) is 0 Å². The largest absolute Gasteiger partial charge is 0.464 e. The van der Waals surface area contributed by atoms with E-state index in [1.807, 2.05) is 12.4 Å². The van der Waals surface area contributed by atoms with E-state index in [1.165, 1.54) is 18.4 Å². The number of rotatable bonds is 6. The van der Waals surface area contributed by atoms with Crippen LogP contribution >= 0.6 is 0 Å². The summed E-state index contributed by atoms with van der Waals surface area (Å²) in [6.07, 6.45) is 7.09. The molecule has 0 unspecified atom stereocenters. The van der Waals surface area contributed by atoms with E-state index in [2.05, 4.69) is 60.2 Å². The Morgan fingerprint density at radius 2 is 1.88 bits per heavy atom. The Morgan fingerprint density at radius 1 is 1.17 bits per heavy atom. The number of aryl methyl sites for hydroxylation is 1. The second-order valence-corrected chi connectivity index (χ2v) is 6.81. The SMILES string of the molecule is CCc1ccc([C@@H](C)NC2CCN([C@@H](C)c3ccncc3)CC2)o1. The normalized spacial score (nSPS) is 19.3. The van der Waals surface area contributed by atoms with Crippen molar-refractivity contribution in [3.05, 3.63) is 53.7 Å². The number of hydrogen-bond donors (Lipinski definition) is 1. The molecular weight excluding hydrogens is 298 g/mol. The third-order valence-electron chi connectivity index (χ3n) is 5.21. The summed E-state index contributed by atoms with van der Waals surface area (Å²) >= 11 is 0. The van der Waals surface area contributed by atoms with Crippen LogP contribution in [0.25, 0.3) is 0 Å². The van der Waals surface area contributed by atoms with Gasteiger partial charge in [0.05, 0.1) is 6.04 Å². The zero-order chi connectivity index (χ0) is 16.9. The summed E-state index contributed by atoms with van der Waals surface area (Å²) in [7, 11) is 0. The lowest BCUT2D eigenvalue weighted by molar-refractivity contribution is 0.147. The van der Waals surface area contributed by atoms with Gasteiger partial charge in [-0.15, -0.1) is 0 Å². The third-order valence-corrected chi connectivity index (χ3v) is 5.21. The van der Waals surface area contributed by atoms with Crippen LogP contribution in [0.4, 0.5) is 0 Å². The van der Waals surface area contributed by atoms with Crippen molar-refractivity contribution in [1.29, 1.82) is 0 Å². The molecule has 2 aromatic heterocycles. The van der Waals surface area contributed by atoms with Crippen molar-refractivity contribution in [1.82, 2.24) is 15.2 Å². The van der Waals surface area contributed by atoms with E-state index < -0.39 is 0 Å². The smallest absolute Gasteiger partial charge is 0.120 e. The Balaban J connectivity index is 1.50. The van der Waals surface area contributed by atoms with E-state index in [-0.39, 0.29) is 6.04 Å². The zero-order valence-electron chi connectivity index (χ0n) is 15.0. The van der Waals surface area contributed by atoms with Gasteiger partial charge in [-0.2, -0.15) is 0 Å². The molecule has 2 atom stereocenters. The lowest BCUT2D eigenvalue weighted by Gasteiger charge is -2.37. The van der Waals surface area contributed by atoms with Crippen LogP contribution < -0.4 is 5.32 Å². The number of pyridine rings is 1. The standard InChI is InChI=1S/C20H29N3O/c1-4-19-5-6-20(24-19)15(2)22-18-9-13-23(14-10-18)16(3)17-7-11-21-12-8-17/h5-8,11-12,15-16,18,22H,4,9-10,13-14H2,1-3H3/t15-,16+/m1/s1. The molecule has 24 heavy (non-hydrogen) atoms. The van der Waals surface area contributed by atoms with Crippen molar-refractivity contribution in [2.75, 3.05) is 13.1 Å². The Morgan fingerprint density at radius 3 is 2.50 bits per heavy atom. The maximum Gasteiger partial charge on any atom is 0.120 e. The molecule has 3 heterocycles. The van der Waals surface area contributed by atoms with Crippen LogP contribution in [0.2, 0.25) is 0 Å². The van der Waals surface area contributed by atoms with Crippen molar-refractivity contribution in [2.45, 2.75) is 58.2 Å². The molecule has 1 aliphatic rings. The molecule has 1 N–H and O–H groups in total. The van der Waals surface area contributed by atoms with E-state index in [1.54, 1.807) is 0 Å². The molecule has 4 nitrogen and oxygen atoms in total. The first-order valence-electron chi connectivity index (χ1n) is 9.16. The number of furan rings is 1. The highest BCUT2D eigenvalue weighted by atomic mass is 16.3. The van der Waals surface area contributed by atoms with Gasteiger partial charge in [0.2, 0.25) is 0 Å². The molecule has 0 amide bonds. The molecular formula is C20H29N3O. The molecule has 0 radical (unpaired) electrons. The highest BCUT2D eigenvalue weighted by Gasteiger charge is 2.25. The fourth-order valence-corrected chi connectivity index (χ4v) is 3.56. The molecule has 3 rings (SSSR count). The van der Waals surface area contributed by atoms with Gasteiger partial charge >= 0.3 is 0 Å². The van der Waals surface area contributed by atoms with Gasteiger partial charge in [-0.05, 0) is 56.5 Å². The van der Waals surface area contributed by atoms with Crippen molar-refractivity contribution in [3.63, 3.8) is 0 Å². The number of likely N-dealkylation sites (tertiary alicyclic amines) is 1. The summed E-state index contributed by atoms with van der Waals surface area (Å²) in [5.41, 5.74) is 1.35. The van der Waals surface area contributed by atoms with Crippen LogP contribution in [0.1, 0.15) is 62.8 Å². The first-order chi connectivity index (χ1) is 11.7. The molecule has 1 saturated heterocycles. The van der Waals surface area contributed by atoms with Crippen molar-refractivity contribution < 1.29 is 4.42 Å². The van der Waals surface area contributed by atoms with Crippen LogP contribution in [0.5, 0.6) is 0 Å². The molecule has 130 valence electrons. The van der Waals surface area contributed by atoms with Gasteiger partial charge in [-0.25, -0.2) is 0 Å². The topological polar surface area (TPSA) is 41.3 Å². The van der Waals surface area contributed by atoms with Gasteiger partial charge in [0.15, 0.2) is 0 Å². The van der Waals surface area contributed by atoms with Crippen molar-refractivity contribution in [3.8, 4) is 0 Å². The molecule has 0 spiro atoms. The highest BCUT2D eigenvalue weighted by Crippen LogP contribution is 2.25. The van der Waals surface area contributed by atoms with E-state index >= 15 is 0 Å². The molecule has 1 aliphatic heterocycles. The Kier molecular flexibility index (Phi) is 5.69. The van der Waals surface area contributed by atoms with E-state index in [0.29, 0.717) is 12.1 Å². The fraction of sp³-hybridized carbons (Fsp3) is 0.550. The Bertz CT molecular complexity index is 617. The lowest BCUT2D eigenvalue weighted by Crippen LogP contribution is -2.44.